The zero-order valence-electron chi connectivity index (χ0n) is 15.4. The van der Waals surface area contributed by atoms with Gasteiger partial charge >= 0.3 is 0 Å². The van der Waals surface area contributed by atoms with Crippen LogP contribution in [0.4, 0.5) is 5.69 Å². The number of benzene rings is 2. The molecular weight excluding hydrogens is 548 g/mol. The van der Waals surface area contributed by atoms with E-state index in [0.717, 1.165) is 26.6 Å². The summed E-state index contributed by atoms with van der Waals surface area (Å²) in [5, 5.41) is 12.0. The van der Waals surface area contributed by atoms with Gasteiger partial charge in [-0.2, -0.15) is 0 Å². The second-order valence-corrected chi connectivity index (χ2v) is 9.05. The Kier molecular flexibility index (Phi) is 7.66. The number of hydrogen-bond donors (Lipinski definition) is 1. The van der Waals surface area contributed by atoms with E-state index < -0.39 is 6.10 Å². The molecule has 0 fully saturated rings. The molecule has 29 heavy (non-hydrogen) atoms. The quantitative estimate of drug-likeness (QED) is 0.274. The van der Waals surface area contributed by atoms with Crippen molar-refractivity contribution in [3.05, 3.63) is 61.5 Å². The molecule has 0 aliphatic carbocycles. The Bertz CT molecular complexity index is 1030. The monoisotopic (exact) mass is 563 g/mol. The maximum absolute atomic E-state index is 12.2. The SMILES string of the molecule is Cc1cc(I)ccc1NC(=O)CSc1nnc([C@H](C)Oc2ccc(Cl)cc2Cl)o1. The van der Waals surface area contributed by atoms with Crippen molar-refractivity contribution >= 4 is 69.1 Å². The van der Waals surface area contributed by atoms with Crippen molar-refractivity contribution in [3.63, 3.8) is 0 Å². The Hall–Kier alpha value is -1.49. The average Bonchev–Trinajstić information content (AvgIpc) is 3.14. The van der Waals surface area contributed by atoms with Crippen LogP contribution in [0.3, 0.4) is 0 Å². The van der Waals surface area contributed by atoms with Gasteiger partial charge in [0, 0.05) is 14.3 Å². The number of rotatable bonds is 7. The lowest BCUT2D eigenvalue weighted by molar-refractivity contribution is -0.113. The first-order chi connectivity index (χ1) is 13.8. The maximum atomic E-state index is 12.2. The van der Waals surface area contributed by atoms with E-state index in [1.807, 2.05) is 25.1 Å². The number of hydrogen-bond acceptors (Lipinski definition) is 6. The third-order valence-electron chi connectivity index (χ3n) is 3.76. The third-order valence-corrected chi connectivity index (χ3v) is 5.78. The molecule has 0 bridgehead atoms. The second kappa shape index (κ2) is 10.0. The highest BCUT2D eigenvalue weighted by Gasteiger charge is 2.18. The van der Waals surface area contributed by atoms with E-state index in [2.05, 4.69) is 38.1 Å². The van der Waals surface area contributed by atoms with Crippen molar-refractivity contribution < 1.29 is 13.9 Å². The number of nitrogens with zero attached hydrogens (tertiary/aromatic N) is 2. The van der Waals surface area contributed by atoms with Gasteiger partial charge < -0.3 is 14.5 Å². The Labute approximate surface area is 195 Å². The molecule has 10 heteroatoms. The number of carbonyl (C=O) groups excluding carboxylic acids is 1. The van der Waals surface area contributed by atoms with E-state index >= 15 is 0 Å². The molecule has 0 unspecified atom stereocenters. The number of aryl methyl sites for hydroxylation is 1. The van der Waals surface area contributed by atoms with Gasteiger partial charge in [-0.3, -0.25) is 4.79 Å². The molecule has 1 amide bonds. The van der Waals surface area contributed by atoms with Crippen LogP contribution >= 0.6 is 57.6 Å². The summed E-state index contributed by atoms with van der Waals surface area (Å²) in [5.74, 6) is 0.734. The minimum Gasteiger partial charge on any atom is -0.479 e. The van der Waals surface area contributed by atoms with Crippen molar-refractivity contribution in [2.45, 2.75) is 25.2 Å². The fourth-order valence-electron chi connectivity index (χ4n) is 2.34. The second-order valence-electron chi connectivity index (χ2n) is 6.04. The lowest BCUT2D eigenvalue weighted by Crippen LogP contribution is -2.14. The average molecular weight is 564 g/mol. The fraction of sp³-hybridized carbons (Fsp3) is 0.211. The van der Waals surface area contributed by atoms with E-state index in [4.69, 9.17) is 32.4 Å². The standard InChI is InChI=1S/C19H16Cl2IN3O3S/c1-10-7-13(22)4-5-15(10)23-17(26)9-29-19-25-24-18(28-19)11(2)27-16-6-3-12(20)8-14(16)21/h3-8,11H,9H2,1-2H3,(H,23,26)/t11-/m0/s1. The van der Waals surface area contributed by atoms with Gasteiger partial charge in [0.25, 0.3) is 11.1 Å². The van der Waals surface area contributed by atoms with Crippen molar-refractivity contribution in [1.29, 1.82) is 0 Å². The number of amides is 1. The predicted octanol–water partition coefficient (Wildman–Crippen LogP) is 6.16. The normalized spacial score (nSPS) is 11.9. The summed E-state index contributed by atoms with van der Waals surface area (Å²) >= 11 is 15.4. The minimum atomic E-state index is -0.515. The highest BCUT2D eigenvalue weighted by molar-refractivity contribution is 14.1. The van der Waals surface area contributed by atoms with Gasteiger partial charge in [0.1, 0.15) is 5.75 Å². The molecule has 0 aliphatic rings. The molecule has 0 spiro atoms. The highest BCUT2D eigenvalue weighted by Crippen LogP contribution is 2.31. The van der Waals surface area contributed by atoms with E-state index in [-0.39, 0.29) is 22.8 Å². The Morgan fingerprint density at radius 3 is 2.79 bits per heavy atom. The van der Waals surface area contributed by atoms with Crippen LogP contribution in [0.5, 0.6) is 5.75 Å². The number of carbonyl (C=O) groups is 1. The summed E-state index contributed by atoms with van der Waals surface area (Å²) in [4.78, 5) is 12.2. The van der Waals surface area contributed by atoms with Crippen LogP contribution in [0, 0.1) is 10.5 Å². The van der Waals surface area contributed by atoms with Crippen molar-refractivity contribution in [1.82, 2.24) is 10.2 Å². The zero-order valence-corrected chi connectivity index (χ0v) is 19.9. The number of aromatic nitrogens is 2. The highest BCUT2D eigenvalue weighted by atomic mass is 127. The van der Waals surface area contributed by atoms with Gasteiger partial charge in [0.05, 0.1) is 10.8 Å². The van der Waals surface area contributed by atoms with Crippen LogP contribution in [-0.4, -0.2) is 21.9 Å². The number of anilines is 1. The van der Waals surface area contributed by atoms with E-state index in [1.54, 1.807) is 25.1 Å². The van der Waals surface area contributed by atoms with Crippen LogP contribution < -0.4 is 10.1 Å². The first-order valence-corrected chi connectivity index (χ1v) is 11.3. The van der Waals surface area contributed by atoms with Gasteiger partial charge in [0.2, 0.25) is 5.91 Å². The lowest BCUT2D eigenvalue weighted by atomic mass is 10.2. The minimum absolute atomic E-state index is 0.144. The van der Waals surface area contributed by atoms with E-state index in [1.165, 1.54) is 0 Å². The first kappa shape index (κ1) is 22.2. The first-order valence-electron chi connectivity index (χ1n) is 8.45. The van der Waals surface area contributed by atoms with Crippen LogP contribution in [-0.2, 0) is 4.79 Å². The smallest absolute Gasteiger partial charge is 0.277 e. The molecule has 152 valence electrons. The van der Waals surface area contributed by atoms with Gasteiger partial charge in [-0.25, -0.2) is 0 Å². The topological polar surface area (TPSA) is 77.2 Å². The zero-order chi connectivity index (χ0) is 21.0. The molecule has 1 aromatic heterocycles. The summed E-state index contributed by atoms with van der Waals surface area (Å²) in [5.41, 5.74) is 1.78. The van der Waals surface area contributed by atoms with Gasteiger partial charge in [-0.05, 0) is 78.4 Å². The molecule has 3 aromatic rings. The number of nitrogens with one attached hydrogen (secondary N) is 1. The molecule has 0 aliphatic heterocycles. The Balaban J connectivity index is 1.54. The van der Waals surface area contributed by atoms with Crippen LogP contribution in [0.15, 0.2) is 46.0 Å². The Morgan fingerprint density at radius 2 is 2.07 bits per heavy atom. The van der Waals surface area contributed by atoms with Gasteiger partial charge in [-0.1, -0.05) is 35.0 Å². The summed E-state index contributed by atoms with van der Waals surface area (Å²) < 4.78 is 12.5. The molecule has 3 rings (SSSR count). The number of ether oxygens (including phenoxy) is 1. The van der Waals surface area contributed by atoms with E-state index in [0.29, 0.717) is 15.8 Å². The third kappa shape index (κ3) is 6.24. The van der Waals surface area contributed by atoms with Crippen molar-refractivity contribution in [2.75, 3.05) is 11.1 Å². The molecule has 0 radical (unpaired) electrons. The van der Waals surface area contributed by atoms with Crippen molar-refractivity contribution in [3.8, 4) is 5.75 Å². The molecular formula is C19H16Cl2IN3O3S. The number of halogens is 3. The largest absolute Gasteiger partial charge is 0.479 e. The maximum Gasteiger partial charge on any atom is 0.277 e. The fourth-order valence-corrected chi connectivity index (χ4v) is 4.01. The van der Waals surface area contributed by atoms with Gasteiger partial charge in [0.15, 0.2) is 6.10 Å². The molecule has 1 N–H and O–H groups in total. The Morgan fingerprint density at radius 1 is 1.28 bits per heavy atom. The van der Waals surface area contributed by atoms with Crippen molar-refractivity contribution in [2.24, 2.45) is 0 Å². The van der Waals surface area contributed by atoms with E-state index in [9.17, 15) is 4.79 Å². The predicted molar refractivity (Wildman–Crippen MR) is 123 cm³/mol. The number of thioether (sulfide) groups is 1. The van der Waals surface area contributed by atoms with Crippen LogP contribution in [0.2, 0.25) is 10.0 Å². The lowest BCUT2D eigenvalue weighted by Gasteiger charge is -2.12. The summed E-state index contributed by atoms with van der Waals surface area (Å²) in [7, 11) is 0. The molecule has 1 heterocycles. The molecule has 0 saturated carbocycles. The van der Waals surface area contributed by atoms with Gasteiger partial charge in [-0.15, -0.1) is 10.2 Å². The van der Waals surface area contributed by atoms with Crippen LogP contribution in [0.25, 0.3) is 0 Å². The van der Waals surface area contributed by atoms with Crippen LogP contribution in [0.1, 0.15) is 24.5 Å². The molecule has 6 nitrogen and oxygen atoms in total. The summed E-state index contributed by atoms with van der Waals surface area (Å²) in [6.07, 6.45) is -0.515. The molecule has 2 aromatic carbocycles. The summed E-state index contributed by atoms with van der Waals surface area (Å²) in [6, 6.07) is 10.8. The summed E-state index contributed by atoms with van der Waals surface area (Å²) in [6.45, 7) is 3.71. The molecule has 0 saturated heterocycles. The molecule has 1 atom stereocenters.